The lowest BCUT2D eigenvalue weighted by atomic mass is 10.1. The Morgan fingerprint density at radius 3 is 2.45 bits per heavy atom. The van der Waals surface area contributed by atoms with Gasteiger partial charge in [0.05, 0.1) is 16.8 Å². The van der Waals surface area contributed by atoms with Crippen molar-refractivity contribution in [1.29, 1.82) is 0 Å². The minimum atomic E-state index is -0.569. The summed E-state index contributed by atoms with van der Waals surface area (Å²) in [6, 6.07) is 16.9. The summed E-state index contributed by atoms with van der Waals surface area (Å²) >= 11 is 0. The number of hydrazone groups is 1. The van der Waals surface area contributed by atoms with Gasteiger partial charge in [0.25, 0.3) is 17.5 Å². The van der Waals surface area contributed by atoms with Gasteiger partial charge < -0.3 is 5.32 Å². The summed E-state index contributed by atoms with van der Waals surface area (Å²) in [7, 11) is 0. The Hall–Kier alpha value is -4.40. The van der Waals surface area contributed by atoms with Crippen LogP contribution in [0.15, 0.2) is 78.0 Å². The summed E-state index contributed by atoms with van der Waals surface area (Å²) in [6.07, 6.45) is 3.04. The zero-order valence-electron chi connectivity index (χ0n) is 15.0. The van der Waals surface area contributed by atoms with Crippen LogP contribution in [0.1, 0.15) is 26.4 Å². The monoisotopic (exact) mass is 389 g/mol. The van der Waals surface area contributed by atoms with E-state index in [1.165, 1.54) is 42.6 Å². The second-order valence-electron chi connectivity index (χ2n) is 5.79. The molecule has 9 heteroatoms. The molecule has 2 amide bonds. The second kappa shape index (κ2) is 9.00. The number of carbonyl (C=O) groups is 2. The first-order chi connectivity index (χ1) is 14.0. The van der Waals surface area contributed by atoms with Crippen molar-refractivity contribution >= 4 is 29.4 Å². The van der Waals surface area contributed by atoms with Crippen LogP contribution in [-0.4, -0.2) is 27.9 Å². The van der Waals surface area contributed by atoms with Crippen molar-refractivity contribution < 1.29 is 14.5 Å². The quantitative estimate of drug-likeness (QED) is 0.381. The maximum atomic E-state index is 12.2. The summed E-state index contributed by atoms with van der Waals surface area (Å²) in [5.41, 5.74) is 3.76. The van der Waals surface area contributed by atoms with Crippen LogP contribution in [0.5, 0.6) is 0 Å². The largest absolute Gasteiger partial charge is 0.322 e. The Balaban J connectivity index is 1.60. The van der Waals surface area contributed by atoms with Gasteiger partial charge in [0.2, 0.25) is 0 Å². The molecule has 1 aromatic heterocycles. The smallest absolute Gasteiger partial charge is 0.271 e. The Kier molecular flexibility index (Phi) is 6.01. The number of nitrogens with one attached hydrogen (secondary N) is 2. The molecule has 0 bridgehead atoms. The summed E-state index contributed by atoms with van der Waals surface area (Å²) in [5, 5.41) is 17.3. The number of aromatic nitrogens is 1. The number of benzene rings is 2. The molecule has 0 saturated heterocycles. The Morgan fingerprint density at radius 2 is 1.76 bits per heavy atom. The number of pyridine rings is 1. The predicted octanol–water partition coefficient (Wildman–Crippen LogP) is 3.01. The van der Waals surface area contributed by atoms with Crippen LogP contribution >= 0.6 is 0 Å². The zero-order chi connectivity index (χ0) is 20.6. The van der Waals surface area contributed by atoms with Gasteiger partial charge in [-0.15, -0.1) is 0 Å². The molecule has 144 valence electrons. The third-order valence-electron chi connectivity index (χ3n) is 3.77. The van der Waals surface area contributed by atoms with E-state index in [1.807, 2.05) is 0 Å². The normalized spacial score (nSPS) is 10.5. The number of rotatable bonds is 6. The molecule has 1 heterocycles. The number of anilines is 1. The fraction of sp³-hybridized carbons (Fsp3) is 0. The Bertz CT molecular complexity index is 1070. The van der Waals surface area contributed by atoms with Gasteiger partial charge in [-0.3, -0.25) is 24.7 Å². The highest BCUT2D eigenvalue weighted by Crippen LogP contribution is 2.16. The molecule has 0 atom stereocenters. The first-order valence-electron chi connectivity index (χ1n) is 8.43. The fourth-order valence-electron chi connectivity index (χ4n) is 2.34. The summed E-state index contributed by atoms with van der Waals surface area (Å²) in [5.74, 6) is -0.917. The molecule has 0 radical (unpaired) electrons. The first kappa shape index (κ1) is 19.4. The van der Waals surface area contributed by atoms with Gasteiger partial charge in [-0.2, -0.15) is 5.10 Å². The molecule has 0 aliphatic carbocycles. The minimum Gasteiger partial charge on any atom is -0.322 e. The van der Waals surface area contributed by atoms with Gasteiger partial charge in [0.15, 0.2) is 0 Å². The lowest BCUT2D eigenvalue weighted by molar-refractivity contribution is -0.384. The van der Waals surface area contributed by atoms with E-state index in [9.17, 15) is 19.7 Å². The average molecular weight is 389 g/mol. The van der Waals surface area contributed by atoms with Crippen LogP contribution < -0.4 is 10.7 Å². The molecular formula is C20H15N5O4. The van der Waals surface area contributed by atoms with E-state index in [-0.39, 0.29) is 11.3 Å². The van der Waals surface area contributed by atoms with Crippen molar-refractivity contribution in [2.24, 2.45) is 5.10 Å². The van der Waals surface area contributed by atoms with Crippen LogP contribution in [0.2, 0.25) is 0 Å². The third kappa shape index (κ3) is 5.30. The van der Waals surface area contributed by atoms with Crippen molar-refractivity contribution in [3.8, 4) is 0 Å². The fourth-order valence-corrected chi connectivity index (χ4v) is 2.34. The van der Waals surface area contributed by atoms with Gasteiger partial charge in [-0.05, 0) is 42.5 Å². The van der Waals surface area contributed by atoms with Gasteiger partial charge >= 0.3 is 0 Å². The molecule has 0 unspecified atom stereocenters. The maximum absolute atomic E-state index is 12.2. The Labute approximate surface area is 165 Å². The van der Waals surface area contributed by atoms with E-state index in [0.717, 1.165) is 0 Å². The summed E-state index contributed by atoms with van der Waals surface area (Å²) < 4.78 is 0. The van der Waals surface area contributed by atoms with Crippen molar-refractivity contribution in [2.45, 2.75) is 0 Å². The summed E-state index contributed by atoms with van der Waals surface area (Å²) in [4.78, 5) is 38.6. The number of non-ortho nitro benzene ring substituents is 1. The number of nitro benzene ring substituents is 1. The van der Waals surface area contributed by atoms with Crippen molar-refractivity contribution in [3.05, 3.63) is 99.9 Å². The standard InChI is InChI=1S/C20H15N5O4/c26-19(15-4-3-6-18(12-15)25(28)29)23-16-9-7-14(8-10-16)20(27)24-22-13-17-5-1-2-11-21-17/h1-13H,(H,23,26)(H,24,27)/b22-13+. The second-order valence-corrected chi connectivity index (χ2v) is 5.79. The van der Waals surface area contributed by atoms with Crippen LogP contribution in [-0.2, 0) is 0 Å². The predicted molar refractivity (Wildman–Crippen MR) is 107 cm³/mol. The van der Waals surface area contributed by atoms with Gasteiger partial charge in [-0.1, -0.05) is 12.1 Å². The molecule has 2 aromatic carbocycles. The average Bonchev–Trinajstić information content (AvgIpc) is 2.75. The molecule has 0 aliphatic rings. The highest BCUT2D eigenvalue weighted by molar-refractivity contribution is 6.05. The SMILES string of the molecule is O=C(N/N=C/c1ccccn1)c1ccc(NC(=O)c2cccc([N+](=O)[O-])c2)cc1. The van der Waals surface area contributed by atoms with Crippen LogP contribution in [0.4, 0.5) is 11.4 Å². The molecule has 0 fully saturated rings. The third-order valence-corrected chi connectivity index (χ3v) is 3.77. The van der Waals surface area contributed by atoms with Gasteiger partial charge in [0, 0.05) is 35.1 Å². The molecule has 29 heavy (non-hydrogen) atoms. The molecule has 0 saturated carbocycles. The van der Waals surface area contributed by atoms with E-state index in [2.05, 4.69) is 20.8 Å². The van der Waals surface area contributed by atoms with Crippen molar-refractivity contribution in [1.82, 2.24) is 10.4 Å². The maximum Gasteiger partial charge on any atom is 0.271 e. The number of amides is 2. The molecular weight excluding hydrogens is 374 g/mol. The number of hydrogen-bond donors (Lipinski definition) is 2. The summed E-state index contributed by atoms with van der Waals surface area (Å²) in [6.45, 7) is 0. The molecule has 0 aliphatic heterocycles. The van der Waals surface area contributed by atoms with Crippen LogP contribution in [0, 0.1) is 10.1 Å². The van der Waals surface area contributed by atoms with E-state index in [0.29, 0.717) is 16.9 Å². The highest BCUT2D eigenvalue weighted by Gasteiger charge is 2.12. The van der Waals surface area contributed by atoms with E-state index >= 15 is 0 Å². The molecule has 3 rings (SSSR count). The van der Waals surface area contributed by atoms with Crippen molar-refractivity contribution in [3.63, 3.8) is 0 Å². The molecule has 3 aromatic rings. The number of nitro groups is 1. The molecule has 9 nitrogen and oxygen atoms in total. The number of hydrogen-bond acceptors (Lipinski definition) is 6. The first-order valence-corrected chi connectivity index (χ1v) is 8.43. The van der Waals surface area contributed by atoms with Crippen LogP contribution in [0.3, 0.4) is 0 Å². The highest BCUT2D eigenvalue weighted by atomic mass is 16.6. The molecule has 0 spiro atoms. The van der Waals surface area contributed by atoms with Crippen molar-refractivity contribution in [2.75, 3.05) is 5.32 Å². The van der Waals surface area contributed by atoms with E-state index in [1.54, 1.807) is 36.5 Å². The number of nitrogens with zero attached hydrogens (tertiary/aromatic N) is 3. The van der Waals surface area contributed by atoms with Crippen LogP contribution in [0.25, 0.3) is 0 Å². The Morgan fingerprint density at radius 1 is 0.966 bits per heavy atom. The topological polar surface area (TPSA) is 127 Å². The minimum absolute atomic E-state index is 0.157. The lowest BCUT2D eigenvalue weighted by Gasteiger charge is -2.06. The lowest BCUT2D eigenvalue weighted by Crippen LogP contribution is -2.18. The zero-order valence-corrected chi connectivity index (χ0v) is 15.0. The van der Waals surface area contributed by atoms with Gasteiger partial charge in [-0.25, -0.2) is 5.43 Å². The van der Waals surface area contributed by atoms with E-state index < -0.39 is 16.7 Å². The van der Waals surface area contributed by atoms with E-state index in [4.69, 9.17) is 0 Å². The van der Waals surface area contributed by atoms with Gasteiger partial charge in [0.1, 0.15) is 0 Å². The number of carbonyl (C=O) groups excluding carboxylic acids is 2. The molecule has 2 N–H and O–H groups in total.